The summed E-state index contributed by atoms with van der Waals surface area (Å²) in [5.41, 5.74) is -1.01. The average Bonchev–Trinajstić information content (AvgIpc) is 3.03. The third-order valence-electron chi connectivity index (χ3n) is 3.95. The van der Waals surface area contributed by atoms with Crippen molar-refractivity contribution >= 4 is 45.1 Å². The van der Waals surface area contributed by atoms with Crippen molar-refractivity contribution in [3.63, 3.8) is 0 Å². The third kappa shape index (κ3) is 2.09. The second-order valence-electron chi connectivity index (χ2n) is 5.15. The summed E-state index contributed by atoms with van der Waals surface area (Å²) in [5, 5.41) is 2.34. The Kier molecular flexibility index (Phi) is 3.41. The van der Waals surface area contributed by atoms with E-state index < -0.39 is 17.4 Å². The smallest absolute Gasteiger partial charge is 0.277 e. The Morgan fingerprint density at radius 1 is 1.25 bits per heavy atom. The number of hydrogen-bond acceptors (Lipinski definition) is 4. The van der Waals surface area contributed by atoms with Crippen LogP contribution in [0.25, 0.3) is 0 Å². The monoisotopic (exact) mass is 356 g/mol. The van der Waals surface area contributed by atoms with Crippen LogP contribution in [0, 0.1) is 5.41 Å². The van der Waals surface area contributed by atoms with Crippen molar-refractivity contribution in [1.82, 2.24) is 10.2 Å². The molecule has 1 saturated carbocycles. The van der Waals surface area contributed by atoms with Crippen LogP contribution in [0.2, 0.25) is 0 Å². The number of halogens is 1. The molecule has 1 aromatic heterocycles. The van der Waals surface area contributed by atoms with E-state index in [0.717, 1.165) is 21.5 Å². The van der Waals surface area contributed by atoms with Crippen molar-refractivity contribution in [1.29, 1.82) is 0 Å². The zero-order valence-corrected chi connectivity index (χ0v) is 13.1. The van der Waals surface area contributed by atoms with E-state index in [1.807, 2.05) is 12.1 Å². The molecular weight excluding hydrogens is 344 g/mol. The van der Waals surface area contributed by atoms with Crippen molar-refractivity contribution in [2.45, 2.75) is 32.2 Å². The number of carbonyl (C=O) groups is 3. The number of rotatable bonds is 2. The molecule has 1 aromatic rings. The number of barbiturate groups is 1. The molecule has 1 N–H and O–H groups in total. The highest BCUT2D eigenvalue weighted by atomic mass is 79.9. The Morgan fingerprint density at radius 2 is 1.95 bits per heavy atom. The quantitative estimate of drug-likeness (QED) is 0.828. The maximum atomic E-state index is 12.6. The molecule has 4 amide bonds. The number of amides is 4. The average molecular weight is 357 g/mol. The highest BCUT2D eigenvalue weighted by Gasteiger charge is 2.54. The molecule has 2 aliphatic rings. The van der Waals surface area contributed by atoms with E-state index >= 15 is 0 Å². The molecule has 0 atom stereocenters. The van der Waals surface area contributed by atoms with Crippen molar-refractivity contribution in [3.8, 4) is 0 Å². The van der Waals surface area contributed by atoms with E-state index in [1.165, 1.54) is 16.2 Å². The van der Waals surface area contributed by atoms with Gasteiger partial charge in [-0.25, -0.2) is 4.79 Å². The molecule has 2 heterocycles. The summed E-state index contributed by atoms with van der Waals surface area (Å²) in [5.74, 6) is -0.762. The van der Waals surface area contributed by atoms with Gasteiger partial charge in [0, 0.05) is 4.88 Å². The van der Waals surface area contributed by atoms with Gasteiger partial charge in [0.25, 0.3) is 0 Å². The number of thiophene rings is 1. The largest absolute Gasteiger partial charge is 0.331 e. The zero-order chi connectivity index (χ0) is 14.3. The summed E-state index contributed by atoms with van der Waals surface area (Å²) >= 11 is 4.83. The first-order chi connectivity index (χ1) is 9.53. The Bertz CT molecular complexity index is 592. The third-order valence-corrected chi connectivity index (χ3v) is 5.56. The van der Waals surface area contributed by atoms with Gasteiger partial charge in [0.05, 0.1) is 10.3 Å². The normalized spacial score (nSPS) is 21.6. The minimum Gasteiger partial charge on any atom is -0.277 e. The molecule has 0 radical (unpaired) electrons. The standard InChI is InChI=1S/C13H13BrN2O3S/c14-9-4-3-8(20-9)7-16-11(18)13(5-1-2-6-13)10(17)15-12(16)19/h3-4H,1-2,5-7H2,(H,15,17,19). The van der Waals surface area contributed by atoms with Crippen molar-refractivity contribution < 1.29 is 14.4 Å². The number of nitrogens with one attached hydrogen (secondary N) is 1. The SMILES string of the molecule is O=C1NC(=O)C2(CCCC2)C(=O)N1Cc1ccc(Br)s1. The highest BCUT2D eigenvalue weighted by molar-refractivity contribution is 9.11. The molecule has 1 aliphatic carbocycles. The van der Waals surface area contributed by atoms with Crippen LogP contribution >= 0.6 is 27.3 Å². The van der Waals surface area contributed by atoms with E-state index in [4.69, 9.17) is 0 Å². The molecule has 20 heavy (non-hydrogen) atoms. The van der Waals surface area contributed by atoms with Gasteiger partial charge in [-0.1, -0.05) is 12.8 Å². The Balaban J connectivity index is 1.88. The van der Waals surface area contributed by atoms with Gasteiger partial charge in [-0.05, 0) is 40.9 Å². The fraction of sp³-hybridized carbons (Fsp3) is 0.462. The molecule has 1 aliphatic heterocycles. The van der Waals surface area contributed by atoms with E-state index in [-0.39, 0.29) is 12.5 Å². The van der Waals surface area contributed by atoms with Gasteiger partial charge in [0.1, 0.15) is 5.41 Å². The minimum absolute atomic E-state index is 0.218. The predicted octanol–water partition coefficient (Wildman–Crippen LogP) is 2.65. The van der Waals surface area contributed by atoms with Gasteiger partial charge in [0.15, 0.2) is 0 Å². The minimum atomic E-state index is -1.01. The maximum absolute atomic E-state index is 12.6. The van der Waals surface area contributed by atoms with Crippen LogP contribution in [-0.2, 0) is 16.1 Å². The van der Waals surface area contributed by atoms with Crippen LogP contribution < -0.4 is 5.32 Å². The van der Waals surface area contributed by atoms with E-state index in [1.54, 1.807) is 0 Å². The summed E-state index contributed by atoms with van der Waals surface area (Å²) in [7, 11) is 0. The van der Waals surface area contributed by atoms with E-state index in [9.17, 15) is 14.4 Å². The number of urea groups is 1. The van der Waals surface area contributed by atoms with Gasteiger partial charge < -0.3 is 0 Å². The molecule has 1 saturated heterocycles. The van der Waals surface area contributed by atoms with E-state index in [2.05, 4.69) is 21.2 Å². The van der Waals surface area contributed by atoms with Gasteiger partial charge in [-0.15, -0.1) is 11.3 Å². The van der Waals surface area contributed by atoms with Crippen LogP contribution in [0.5, 0.6) is 0 Å². The molecule has 2 fully saturated rings. The highest BCUT2D eigenvalue weighted by Crippen LogP contribution is 2.42. The Morgan fingerprint density at radius 3 is 2.55 bits per heavy atom. The van der Waals surface area contributed by atoms with Gasteiger partial charge in [-0.2, -0.15) is 0 Å². The van der Waals surface area contributed by atoms with Crippen LogP contribution in [-0.4, -0.2) is 22.7 Å². The first-order valence-electron chi connectivity index (χ1n) is 6.44. The fourth-order valence-corrected chi connectivity index (χ4v) is 4.36. The van der Waals surface area contributed by atoms with E-state index in [0.29, 0.717) is 12.8 Å². The predicted molar refractivity (Wildman–Crippen MR) is 77.0 cm³/mol. The summed E-state index contributed by atoms with van der Waals surface area (Å²) in [4.78, 5) is 38.7. The lowest BCUT2D eigenvalue weighted by Crippen LogP contribution is -2.62. The number of carbonyl (C=O) groups excluding carboxylic acids is 3. The maximum Gasteiger partial charge on any atom is 0.331 e. The summed E-state index contributed by atoms with van der Waals surface area (Å²) < 4.78 is 0.948. The lowest BCUT2D eigenvalue weighted by atomic mass is 9.82. The molecule has 7 heteroatoms. The topological polar surface area (TPSA) is 66.5 Å². The molecular formula is C13H13BrN2O3S. The lowest BCUT2D eigenvalue weighted by Gasteiger charge is -2.36. The molecule has 0 unspecified atom stereocenters. The fourth-order valence-electron chi connectivity index (χ4n) is 2.89. The van der Waals surface area contributed by atoms with Crippen LogP contribution in [0.4, 0.5) is 4.79 Å². The van der Waals surface area contributed by atoms with Gasteiger partial charge in [-0.3, -0.25) is 19.8 Å². The van der Waals surface area contributed by atoms with Crippen molar-refractivity contribution in [2.24, 2.45) is 5.41 Å². The van der Waals surface area contributed by atoms with Crippen molar-refractivity contribution in [3.05, 3.63) is 20.8 Å². The second-order valence-corrected chi connectivity index (χ2v) is 7.69. The Hall–Kier alpha value is -1.21. The van der Waals surface area contributed by atoms with Crippen LogP contribution in [0.15, 0.2) is 15.9 Å². The van der Waals surface area contributed by atoms with Gasteiger partial charge >= 0.3 is 6.03 Å². The lowest BCUT2D eigenvalue weighted by molar-refractivity contribution is -0.151. The van der Waals surface area contributed by atoms with Gasteiger partial charge in [0.2, 0.25) is 11.8 Å². The Labute approximate surface area is 128 Å². The molecule has 106 valence electrons. The van der Waals surface area contributed by atoms with Crippen molar-refractivity contribution in [2.75, 3.05) is 0 Å². The number of imide groups is 2. The summed E-state index contributed by atoms with van der Waals surface area (Å²) in [6.07, 6.45) is 2.78. The molecule has 0 aromatic carbocycles. The first-order valence-corrected chi connectivity index (χ1v) is 8.05. The molecule has 3 rings (SSSR count). The summed E-state index contributed by atoms with van der Waals surface area (Å²) in [6, 6.07) is 3.14. The second kappa shape index (κ2) is 4.96. The van der Waals surface area contributed by atoms with Crippen LogP contribution in [0.1, 0.15) is 30.6 Å². The first kappa shape index (κ1) is 13.8. The number of nitrogens with zero attached hydrogens (tertiary/aromatic N) is 1. The molecule has 5 nitrogen and oxygen atoms in total. The molecule has 0 bridgehead atoms. The molecule has 1 spiro atoms. The summed E-state index contributed by atoms with van der Waals surface area (Å²) in [6.45, 7) is 0.218. The van der Waals surface area contributed by atoms with Crippen LogP contribution in [0.3, 0.4) is 0 Å². The zero-order valence-electron chi connectivity index (χ0n) is 10.6. The number of hydrogen-bond donors (Lipinski definition) is 1.